The minimum Gasteiger partial charge on any atom is -0.859 e. The average Bonchev–Trinajstić information content (AvgIpc) is 3.23. The second-order valence-corrected chi connectivity index (χ2v) is 9.03. The number of rotatable bonds is 3. The first-order valence-electron chi connectivity index (χ1n) is 10.0. The van der Waals surface area contributed by atoms with Gasteiger partial charge in [-0.3, -0.25) is 14.3 Å². The molecule has 0 saturated carbocycles. The van der Waals surface area contributed by atoms with Gasteiger partial charge in [-0.1, -0.05) is 0 Å². The van der Waals surface area contributed by atoms with E-state index in [0.717, 1.165) is 18.6 Å². The van der Waals surface area contributed by atoms with Gasteiger partial charge in [-0.25, -0.2) is 4.79 Å². The fourth-order valence-electron chi connectivity index (χ4n) is 4.53. The van der Waals surface area contributed by atoms with Crippen LogP contribution in [0.15, 0.2) is 39.9 Å². The van der Waals surface area contributed by atoms with E-state index in [1.807, 2.05) is 13.1 Å². The number of quaternary nitrogens is 1. The molecule has 5 rings (SSSR count). The number of benzene rings is 2. The van der Waals surface area contributed by atoms with Crippen molar-refractivity contribution in [3.8, 4) is 28.8 Å². The minimum absolute atomic E-state index is 0.0150. The van der Waals surface area contributed by atoms with Crippen LogP contribution in [0.4, 0.5) is 0 Å². The SMILES string of the molecule is COc1c2c(cc3c1C(c1c([O-])n(-c4ccc(I)cc4)c(=O)[nH]c1=O)[NH+](C)CC3)OCO2. The van der Waals surface area contributed by atoms with Gasteiger partial charge < -0.3 is 24.2 Å². The van der Waals surface area contributed by atoms with E-state index < -0.39 is 23.2 Å². The van der Waals surface area contributed by atoms with Crippen LogP contribution in [0, 0.1) is 3.57 Å². The van der Waals surface area contributed by atoms with Gasteiger partial charge in [0.1, 0.15) is 6.04 Å². The zero-order valence-corrected chi connectivity index (χ0v) is 19.5. The second kappa shape index (κ2) is 7.85. The van der Waals surface area contributed by atoms with Crippen molar-refractivity contribution in [2.75, 3.05) is 27.5 Å². The molecule has 166 valence electrons. The Labute approximate surface area is 196 Å². The van der Waals surface area contributed by atoms with Crippen LogP contribution < -0.4 is 35.5 Å². The molecule has 2 unspecified atom stereocenters. The number of likely N-dealkylation sites (N-methyl/N-ethyl adjacent to an activating group) is 1. The van der Waals surface area contributed by atoms with Gasteiger partial charge >= 0.3 is 5.69 Å². The molecule has 0 bridgehead atoms. The number of methoxy groups -OCH3 is 1. The molecular formula is C22H20IN3O6. The van der Waals surface area contributed by atoms with Crippen LogP contribution in [-0.4, -0.2) is 37.0 Å². The number of halogens is 1. The predicted molar refractivity (Wildman–Crippen MR) is 121 cm³/mol. The molecule has 2 atom stereocenters. The minimum atomic E-state index is -0.767. The number of nitrogens with one attached hydrogen (secondary N) is 2. The molecule has 2 aliphatic heterocycles. The largest absolute Gasteiger partial charge is 0.859 e. The van der Waals surface area contributed by atoms with Gasteiger partial charge in [-0.05, 0) is 64.4 Å². The van der Waals surface area contributed by atoms with Crippen molar-refractivity contribution in [1.82, 2.24) is 9.55 Å². The lowest BCUT2D eigenvalue weighted by molar-refractivity contribution is -0.908. The van der Waals surface area contributed by atoms with Crippen molar-refractivity contribution in [3.05, 3.63) is 71.4 Å². The Kier molecular flexibility index (Phi) is 5.13. The van der Waals surface area contributed by atoms with Gasteiger partial charge in [0.25, 0.3) is 5.56 Å². The number of fused-ring (bicyclic) bond motifs is 2. The Morgan fingerprint density at radius 2 is 1.97 bits per heavy atom. The molecule has 32 heavy (non-hydrogen) atoms. The smallest absolute Gasteiger partial charge is 0.332 e. The standard InChI is InChI=1S/C22H20IN3O6/c1-25-8-7-11-9-14-18(32-10-31-14)19(30-2)15(11)17(25)16-20(27)24-22(29)26(21(16)28)13-5-3-12(23)4-6-13/h3-6,9,17,28H,7-8,10H2,1-2H3,(H,24,27,29). The van der Waals surface area contributed by atoms with E-state index in [0.29, 0.717) is 41.5 Å². The second-order valence-electron chi connectivity index (χ2n) is 7.79. The fourth-order valence-corrected chi connectivity index (χ4v) is 4.89. The van der Waals surface area contributed by atoms with Crippen molar-refractivity contribution in [3.63, 3.8) is 0 Å². The van der Waals surface area contributed by atoms with Crippen molar-refractivity contribution < 1.29 is 24.2 Å². The molecular weight excluding hydrogens is 529 g/mol. The lowest BCUT2D eigenvalue weighted by Crippen LogP contribution is -3.10. The molecule has 0 radical (unpaired) electrons. The number of H-pyrrole nitrogens is 1. The maximum Gasteiger partial charge on any atom is 0.332 e. The molecule has 0 aliphatic carbocycles. The molecule has 2 aromatic carbocycles. The van der Waals surface area contributed by atoms with E-state index in [9.17, 15) is 14.7 Å². The quantitative estimate of drug-likeness (QED) is 0.449. The summed E-state index contributed by atoms with van der Waals surface area (Å²) in [6, 6.07) is 8.18. The Hall–Kier alpha value is -2.99. The van der Waals surface area contributed by atoms with E-state index >= 15 is 0 Å². The maximum atomic E-state index is 13.6. The number of ether oxygens (including phenoxy) is 3. The normalized spacial score (nSPS) is 19.0. The fraction of sp³-hybridized carbons (Fsp3) is 0.273. The number of hydrogen-bond acceptors (Lipinski definition) is 6. The van der Waals surface area contributed by atoms with Crippen LogP contribution >= 0.6 is 22.6 Å². The van der Waals surface area contributed by atoms with Crippen LogP contribution in [0.5, 0.6) is 23.1 Å². The lowest BCUT2D eigenvalue weighted by Gasteiger charge is -2.35. The lowest BCUT2D eigenvalue weighted by atomic mass is 9.87. The van der Waals surface area contributed by atoms with E-state index in [-0.39, 0.29) is 12.4 Å². The Balaban J connectivity index is 1.78. The first-order valence-corrected chi connectivity index (χ1v) is 11.1. The monoisotopic (exact) mass is 549 g/mol. The summed E-state index contributed by atoms with van der Waals surface area (Å²) in [6.45, 7) is 0.759. The van der Waals surface area contributed by atoms with Crippen LogP contribution in [0.3, 0.4) is 0 Å². The highest BCUT2D eigenvalue weighted by atomic mass is 127. The molecule has 1 aromatic heterocycles. The molecule has 2 N–H and O–H groups in total. The zero-order chi connectivity index (χ0) is 22.6. The summed E-state index contributed by atoms with van der Waals surface area (Å²) in [5.41, 5.74) is 0.543. The molecule has 9 nitrogen and oxygen atoms in total. The third-order valence-corrected chi connectivity index (χ3v) is 6.71. The summed E-state index contributed by atoms with van der Waals surface area (Å²) < 4.78 is 18.8. The summed E-state index contributed by atoms with van der Waals surface area (Å²) in [7, 11) is 3.43. The topological polar surface area (TPSA) is 110 Å². The third kappa shape index (κ3) is 3.16. The van der Waals surface area contributed by atoms with E-state index in [1.54, 1.807) is 24.3 Å². The van der Waals surface area contributed by atoms with Crippen molar-refractivity contribution in [2.24, 2.45) is 0 Å². The van der Waals surface area contributed by atoms with Gasteiger partial charge in [0.2, 0.25) is 12.5 Å². The molecule has 2 aliphatic rings. The summed E-state index contributed by atoms with van der Waals surface area (Å²) in [6.07, 6.45) is 0.716. The van der Waals surface area contributed by atoms with Crippen LogP contribution in [0.25, 0.3) is 5.69 Å². The van der Waals surface area contributed by atoms with Gasteiger partial charge in [0.05, 0.1) is 31.8 Å². The van der Waals surface area contributed by atoms with Crippen LogP contribution in [0.1, 0.15) is 22.7 Å². The van der Waals surface area contributed by atoms with Gasteiger partial charge in [0, 0.05) is 15.7 Å². The Morgan fingerprint density at radius 1 is 1.22 bits per heavy atom. The highest BCUT2D eigenvalue weighted by Crippen LogP contribution is 2.48. The molecule has 10 heteroatoms. The summed E-state index contributed by atoms with van der Waals surface area (Å²) >= 11 is 2.14. The first kappa shape index (κ1) is 20.9. The van der Waals surface area contributed by atoms with E-state index in [1.165, 1.54) is 7.11 Å². The average molecular weight is 549 g/mol. The molecule has 3 aromatic rings. The van der Waals surface area contributed by atoms with Crippen LogP contribution in [-0.2, 0) is 6.42 Å². The highest BCUT2D eigenvalue weighted by Gasteiger charge is 2.39. The van der Waals surface area contributed by atoms with Gasteiger partial charge in [-0.2, -0.15) is 0 Å². The zero-order valence-electron chi connectivity index (χ0n) is 17.4. The van der Waals surface area contributed by atoms with Gasteiger partial charge in [-0.15, -0.1) is 0 Å². The predicted octanol–water partition coefficient (Wildman–Crippen LogP) is 0.102. The van der Waals surface area contributed by atoms with Crippen molar-refractivity contribution >= 4 is 22.6 Å². The van der Waals surface area contributed by atoms with Crippen molar-refractivity contribution in [1.29, 1.82) is 0 Å². The number of nitrogens with zero attached hydrogens (tertiary/aromatic N) is 1. The molecule has 0 saturated heterocycles. The highest BCUT2D eigenvalue weighted by molar-refractivity contribution is 14.1. The molecule has 3 heterocycles. The number of aromatic nitrogens is 2. The van der Waals surface area contributed by atoms with Gasteiger partial charge in [0.15, 0.2) is 11.5 Å². The molecule has 0 amide bonds. The van der Waals surface area contributed by atoms with Crippen molar-refractivity contribution in [2.45, 2.75) is 12.5 Å². The summed E-state index contributed by atoms with van der Waals surface area (Å²) in [4.78, 5) is 28.9. The summed E-state index contributed by atoms with van der Waals surface area (Å²) in [5, 5.41) is 13.6. The first-order chi connectivity index (χ1) is 15.4. The molecule has 0 fully saturated rings. The number of aromatic amines is 1. The van der Waals surface area contributed by atoms with Crippen LogP contribution in [0.2, 0.25) is 0 Å². The molecule has 0 spiro atoms. The number of hydrogen-bond donors (Lipinski definition) is 2. The van der Waals surface area contributed by atoms with E-state index in [4.69, 9.17) is 14.2 Å². The maximum absolute atomic E-state index is 13.6. The third-order valence-electron chi connectivity index (χ3n) is 5.99. The Bertz CT molecular complexity index is 1330. The Morgan fingerprint density at radius 3 is 2.69 bits per heavy atom. The summed E-state index contributed by atoms with van der Waals surface area (Å²) in [5.74, 6) is 0.849. The van der Waals surface area contributed by atoms with E-state index in [2.05, 4.69) is 27.6 Å².